The van der Waals surface area contributed by atoms with Gasteiger partial charge in [-0.2, -0.15) is 4.98 Å². The fourth-order valence-electron chi connectivity index (χ4n) is 2.44. The van der Waals surface area contributed by atoms with Gasteiger partial charge in [0.2, 0.25) is 5.82 Å². The van der Waals surface area contributed by atoms with E-state index in [4.69, 9.17) is 15.0 Å². The van der Waals surface area contributed by atoms with Gasteiger partial charge in [0.05, 0.1) is 5.56 Å². The third-order valence-corrected chi connectivity index (χ3v) is 3.89. The maximum Gasteiger partial charge on any atom is 0.260 e. The number of anilines is 1. The summed E-state index contributed by atoms with van der Waals surface area (Å²) in [5.74, 6) is 1.02. The van der Waals surface area contributed by atoms with Crippen LogP contribution in [0, 0.1) is 6.92 Å². The van der Waals surface area contributed by atoms with Gasteiger partial charge >= 0.3 is 0 Å². The van der Waals surface area contributed by atoms with Gasteiger partial charge in [-0.25, -0.2) is 0 Å². The van der Waals surface area contributed by atoms with E-state index in [-0.39, 0.29) is 0 Å². The maximum atomic E-state index is 6.01. The average molecular weight is 275 g/mol. The van der Waals surface area contributed by atoms with Crippen molar-refractivity contribution in [2.75, 3.05) is 12.8 Å². The van der Waals surface area contributed by atoms with Gasteiger partial charge in [-0.3, -0.25) is 0 Å². The molecule has 0 aliphatic carbocycles. The molecule has 0 saturated heterocycles. The Kier molecular flexibility index (Phi) is 4.09. The van der Waals surface area contributed by atoms with E-state index < -0.39 is 5.60 Å². The lowest BCUT2D eigenvalue weighted by Gasteiger charge is -2.25. The second-order valence-corrected chi connectivity index (χ2v) is 4.87. The highest BCUT2D eigenvalue weighted by molar-refractivity contribution is 5.73. The summed E-state index contributed by atoms with van der Waals surface area (Å²) in [6.07, 6.45) is 1.56. The van der Waals surface area contributed by atoms with Crippen LogP contribution in [0.15, 0.2) is 22.7 Å². The second kappa shape index (κ2) is 5.63. The maximum absolute atomic E-state index is 6.01. The van der Waals surface area contributed by atoms with Crippen molar-refractivity contribution in [3.8, 4) is 11.5 Å². The highest BCUT2D eigenvalue weighted by Gasteiger charge is 2.34. The summed E-state index contributed by atoms with van der Waals surface area (Å²) in [6, 6.07) is 5.71. The zero-order chi connectivity index (χ0) is 14.8. The molecule has 0 fully saturated rings. The van der Waals surface area contributed by atoms with E-state index in [9.17, 15) is 0 Å². The first-order valence-electron chi connectivity index (χ1n) is 6.82. The van der Waals surface area contributed by atoms with Gasteiger partial charge in [0.25, 0.3) is 5.89 Å². The minimum Gasteiger partial charge on any atom is -0.398 e. The molecule has 0 atom stereocenters. The molecular weight excluding hydrogens is 254 g/mol. The molecule has 5 heteroatoms. The van der Waals surface area contributed by atoms with Crippen LogP contribution in [0.3, 0.4) is 0 Å². The minimum atomic E-state index is -0.501. The Balaban J connectivity index is 2.48. The standard InChI is InChI=1S/C15H21N3O2/c1-5-15(6-2,19-4)14-17-13(20-18-14)12-10(3)8-7-9-11(12)16/h7-9H,5-6,16H2,1-4H3. The molecule has 1 aromatic heterocycles. The summed E-state index contributed by atoms with van der Waals surface area (Å²) in [5.41, 5.74) is 7.95. The smallest absolute Gasteiger partial charge is 0.260 e. The van der Waals surface area contributed by atoms with Crippen molar-refractivity contribution in [1.82, 2.24) is 10.1 Å². The Hall–Kier alpha value is -1.88. The average Bonchev–Trinajstić information content (AvgIpc) is 2.91. The van der Waals surface area contributed by atoms with Gasteiger partial charge in [-0.05, 0) is 31.4 Å². The molecule has 5 nitrogen and oxygen atoms in total. The number of nitrogen functional groups attached to an aromatic ring is 1. The molecule has 0 bridgehead atoms. The Morgan fingerprint density at radius 1 is 1.30 bits per heavy atom. The van der Waals surface area contributed by atoms with Crippen molar-refractivity contribution in [2.24, 2.45) is 0 Å². The molecule has 0 unspecified atom stereocenters. The van der Waals surface area contributed by atoms with E-state index in [1.54, 1.807) is 7.11 Å². The van der Waals surface area contributed by atoms with Gasteiger partial charge in [0.1, 0.15) is 5.60 Å². The zero-order valence-corrected chi connectivity index (χ0v) is 12.4. The van der Waals surface area contributed by atoms with Crippen LogP contribution in [-0.2, 0) is 10.3 Å². The number of methoxy groups -OCH3 is 1. The van der Waals surface area contributed by atoms with Crippen molar-refractivity contribution >= 4 is 5.69 Å². The van der Waals surface area contributed by atoms with Crippen LogP contribution >= 0.6 is 0 Å². The number of rotatable bonds is 5. The summed E-state index contributed by atoms with van der Waals surface area (Å²) in [5, 5.41) is 4.09. The normalized spacial score (nSPS) is 11.8. The number of nitrogens with zero attached hydrogens (tertiary/aromatic N) is 2. The van der Waals surface area contributed by atoms with Crippen LogP contribution in [0.5, 0.6) is 0 Å². The Morgan fingerprint density at radius 3 is 2.55 bits per heavy atom. The van der Waals surface area contributed by atoms with E-state index in [2.05, 4.69) is 10.1 Å². The van der Waals surface area contributed by atoms with Crippen molar-refractivity contribution in [3.63, 3.8) is 0 Å². The molecule has 0 aliphatic rings. The van der Waals surface area contributed by atoms with Crippen molar-refractivity contribution in [3.05, 3.63) is 29.6 Å². The lowest BCUT2D eigenvalue weighted by Crippen LogP contribution is -2.28. The Bertz CT molecular complexity index is 560. The minimum absolute atomic E-state index is 0.443. The molecule has 0 radical (unpaired) electrons. The molecule has 2 N–H and O–H groups in total. The topological polar surface area (TPSA) is 74.2 Å². The first-order valence-corrected chi connectivity index (χ1v) is 6.82. The third kappa shape index (κ3) is 2.29. The molecule has 108 valence electrons. The first kappa shape index (κ1) is 14.5. The molecule has 0 spiro atoms. The zero-order valence-electron chi connectivity index (χ0n) is 12.4. The molecule has 20 heavy (non-hydrogen) atoms. The summed E-state index contributed by atoms with van der Waals surface area (Å²) >= 11 is 0. The molecule has 1 heterocycles. The molecule has 0 amide bonds. The highest BCUT2D eigenvalue weighted by atomic mass is 16.5. The number of hydrogen-bond donors (Lipinski definition) is 1. The third-order valence-electron chi connectivity index (χ3n) is 3.89. The SMILES string of the molecule is CCC(CC)(OC)c1noc(-c2c(C)cccc2N)n1. The summed E-state index contributed by atoms with van der Waals surface area (Å²) < 4.78 is 11.0. The van der Waals surface area contributed by atoms with Crippen LogP contribution in [0.2, 0.25) is 0 Å². The number of aromatic nitrogens is 2. The lowest BCUT2D eigenvalue weighted by molar-refractivity contribution is -0.0306. The van der Waals surface area contributed by atoms with E-state index in [1.165, 1.54) is 0 Å². The van der Waals surface area contributed by atoms with Crippen LogP contribution in [0.4, 0.5) is 5.69 Å². The number of hydrogen-bond acceptors (Lipinski definition) is 5. The fraction of sp³-hybridized carbons (Fsp3) is 0.467. The van der Waals surface area contributed by atoms with Crippen LogP contribution in [-0.4, -0.2) is 17.3 Å². The predicted molar refractivity (Wildman–Crippen MR) is 78.2 cm³/mol. The molecule has 0 aliphatic heterocycles. The van der Waals surface area contributed by atoms with E-state index in [1.807, 2.05) is 39.0 Å². The first-order chi connectivity index (χ1) is 9.57. The summed E-state index contributed by atoms with van der Waals surface area (Å²) in [6.45, 7) is 6.06. The summed E-state index contributed by atoms with van der Waals surface area (Å²) in [4.78, 5) is 4.50. The van der Waals surface area contributed by atoms with E-state index in [0.29, 0.717) is 17.4 Å². The number of nitrogens with two attached hydrogens (primary N) is 1. The quantitative estimate of drug-likeness (QED) is 0.847. The van der Waals surface area contributed by atoms with Crippen LogP contribution in [0.25, 0.3) is 11.5 Å². The fourth-order valence-corrected chi connectivity index (χ4v) is 2.44. The largest absolute Gasteiger partial charge is 0.398 e. The molecular formula is C15H21N3O2. The monoisotopic (exact) mass is 275 g/mol. The molecule has 2 aromatic rings. The van der Waals surface area contributed by atoms with Crippen LogP contribution in [0.1, 0.15) is 38.1 Å². The lowest BCUT2D eigenvalue weighted by atomic mass is 9.96. The summed E-state index contributed by atoms with van der Waals surface area (Å²) in [7, 11) is 1.67. The Labute approximate surface area is 119 Å². The predicted octanol–water partition coefficient (Wildman–Crippen LogP) is 3.29. The van der Waals surface area contributed by atoms with Crippen molar-refractivity contribution in [1.29, 1.82) is 0 Å². The highest BCUT2D eigenvalue weighted by Crippen LogP contribution is 2.33. The van der Waals surface area contributed by atoms with E-state index >= 15 is 0 Å². The molecule has 1 aromatic carbocycles. The van der Waals surface area contributed by atoms with Gasteiger partial charge in [-0.15, -0.1) is 0 Å². The Morgan fingerprint density at radius 2 is 2.00 bits per heavy atom. The van der Waals surface area contributed by atoms with Crippen molar-refractivity contribution < 1.29 is 9.26 Å². The second-order valence-electron chi connectivity index (χ2n) is 4.87. The van der Waals surface area contributed by atoms with Gasteiger partial charge in [-0.1, -0.05) is 31.1 Å². The number of benzene rings is 1. The van der Waals surface area contributed by atoms with E-state index in [0.717, 1.165) is 24.0 Å². The number of ether oxygens (including phenoxy) is 1. The van der Waals surface area contributed by atoms with Gasteiger partial charge in [0, 0.05) is 12.8 Å². The molecule has 0 saturated carbocycles. The molecule has 2 rings (SSSR count). The van der Waals surface area contributed by atoms with Crippen molar-refractivity contribution in [2.45, 2.75) is 39.2 Å². The number of aryl methyl sites for hydroxylation is 1. The van der Waals surface area contributed by atoms with Gasteiger partial charge < -0.3 is 15.0 Å². The van der Waals surface area contributed by atoms with Crippen LogP contribution < -0.4 is 5.73 Å². The van der Waals surface area contributed by atoms with Gasteiger partial charge in [0.15, 0.2) is 0 Å².